The van der Waals surface area contributed by atoms with Gasteiger partial charge < -0.3 is 14.4 Å². The van der Waals surface area contributed by atoms with Crippen LogP contribution in [0, 0.1) is 5.92 Å². The van der Waals surface area contributed by atoms with E-state index in [0.717, 1.165) is 51.7 Å². The Hall–Kier alpha value is -0.610. The average Bonchev–Trinajstić information content (AvgIpc) is 2.48. The fourth-order valence-electron chi connectivity index (χ4n) is 3.37. The molecule has 2 rings (SSSR count). The molecular formula is C15H27NO3. The molecular weight excluding hydrogens is 242 g/mol. The monoisotopic (exact) mass is 269 g/mol. The largest absolute Gasteiger partial charge is 0.466 e. The second-order valence-corrected chi connectivity index (χ2v) is 5.77. The third kappa shape index (κ3) is 3.93. The van der Waals surface area contributed by atoms with Crippen molar-refractivity contribution in [1.29, 1.82) is 0 Å². The van der Waals surface area contributed by atoms with Crippen LogP contribution >= 0.6 is 0 Å². The van der Waals surface area contributed by atoms with E-state index in [1.165, 1.54) is 0 Å². The predicted molar refractivity (Wildman–Crippen MR) is 74.0 cm³/mol. The Labute approximate surface area is 116 Å². The van der Waals surface area contributed by atoms with E-state index in [2.05, 4.69) is 11.9 Å². The Morgan fingerprint density at radius 2 is 1.68 bits per heavy atom. The summed E-state index contributed by atoms with van der Waals surface area (Å²) in [4.78, 5) is 14.3. The molecule has 110 valence electrons. The maximum atomic E-state index is 11.7. The van der Waals surface area contributed by atoms with Crippen molar-refractivity contribution >= 4 is 5.97 Å². The van der Waals surface area contributed by atoms with Gasteiger partial charge in [-0.25, -0.2) is 0 Å². The number of rotatable bonds is 4. The normalized spacial score (nSPS) is 29.4. The minimum Gasteiger partial charge on any atom is -0.466 e. The molecule has 0 radical (unpaired) electrons. The molecule has 1 aliphatic heterocycles. The first kappa shape index (κ1) is 14.8. The summed E-state index contributed by atoms with van der Waals surface area (Å²) in [6.45, 7) is 4.17. The molecule has 2 aliphatic rings. The number of esters is 1. The van der Waals surface area contributed by atoms with Gasteiger partial charge in [0.2, 0.25) is 0 Å². The zero-order chi connectivity index (χ0) is 13.7. The smallest absolute Gasteiger partial charge is 0.308 e. The summed E-state index contributed by atoms with van der Waals surface area (Å²) in [5.41, 5.74) is 0. The molecule has 4 heteroatoms. The highest BCUT2D eigenvalue weighted by Crippen LogP contribution is 2.30. The topological polar surface area (TPSA) is 38.8 Å². The van der Waals surface area contributed by atoms with Crippen molar-refractivity contribution in [3.05, 3.63) is 0 Å². The zero-order valence-corrected chi connectivity index (χ0v) is 12.3. The second kappa shape index (κ2) is 7.25. The molecule has 4 nitrogen and oxygen atoms in total. The summed E-state index contributed by atoms with van der Waals surface area (Å²) in [5.74, 6) is 0.147. The van der Waals surface area contributed by atoms with Gasteiger partial charge in [0.1, 0.15) is 0 Å². The van der Waals surface area contributed by atoms with Crippen LogP contribution in [0.3, 0.4) is 0 Å². The molecule has 1 heterocycles. The van der Waals surface area contributed by atoms with Crippen LogP contribution in [0.25, 0.3) is 0 Å². The minimum absolute atomic E-state index is 0.00895. The van der Waals surface area contributed by atoms with Crippen molar-refractivity contribution in [3.63, 3.8) is 0 Å². The summed E-state index contributed by atoms with van der Waals surface area (Å²) in [5, 5.41) is 0. The van der Waals surface area contributed by atoms with Gasteiger partial charge in [-0.15, -0.1) is 0 Å². The van der Waals surface area contributed by atoms with Gasteiger partial charge >= 0.3 is 5.97 Å². The summed E-state index contributed by atoms with van der Waals surface area (Å²) in [6, 6.07) is 1.30. The lowest BCUT2D eigenvalue weighted by Gasteiger charge is -2.40. The van der Waals surface area contributed by atoms with Crippen LogP contribution in [0.4, 0.5) is 0 Å². The number of carbonyl (C=O) groups is 1. The van der Waals surface area contributed by atoms with Gasteiger partial charge in [0, 0.05) is 25.3 Å². The standard InChI is InChI=1S/C15H27NO3/c1-3-19-15(17)12-4-6-13(7-5-12)16(2)14-8-10-18-11-9-14/h12-14H,3-11H2,1-2H3. The van der Waals surface area contributed by atoms with Gasteiger partial charge in [-0.2, -0.15) is 0 Å². The van der Waals surface area contributed by atoms with Crippen molar-refractivity contribution < 1.29 is 14.3 Å². The van der Waals surface area contributed by atoms with Crippen molar-refractivity contribution in [2.45, 2.75) is 57.5 Å². The van der Waals surface area contributed by atoms with E-state index >= 15 is 0 Å². The first-order valence-electron chi connectivity index (χ1n) is 7.68. The van der Waals surface area contributed by atoms with Crippen molar-refractivity contribution in [3.8, 4) is 0 Å². The molecule has 2 fully saturated rings. The van der Waals surface area contributed by atoms with Gasteiger partial charge in [0.05, 0.1) is 12.5 Å². The Bertz CT molecular complexity index is 281. The summed E-state index contributed by atoms with van der Waals surface area (Å²) in [6.07, 6.45) is 6.51. The highest BCUT2D eigenvalue weighted by Gasteiger charge is 2.31. The van der Waals surface area contributed by atoms with E-state index in [0.29, 0.717) is 18.7 Å². The third-order valence-corrected chi connectivity index (χ3v) is 4.66. The SMILES string of the molecule is CCOC(=O)C1CCC(N(C)C2CCOCC2)CC1. The van der Waals surface area contributed by atoms with E-state index < -0.39 is 0 Å². The number of ether oxygens (including phenoxy) is 2. The average molecular weight is 269 g/mol. The summed E-state index contributed by atoms with van der Waals surface area (Å²) in [7, 11) is 2.24. The summed E-state index contributed by atoms with van der Waals surface area (Å²) < 4.78 is 10.5. The van der Waals surface area contributed by atoms with Crippen LogP contribution in [0.5, 0.6) is 0 Å². The molecule has 0 N–H and O–H groups in total. The molecule has 1 saturated carbocycles. The van der Waals surface area contributed by atoms with E-state index in [4.69, 9.17) is 9.47 Å². The van der Waals surface area contributed by atoms with E-state index in [1.807, 2.05) is 6.92 Å². The first-order valence-corrected chi connectivity index (χ1v) is 7.68. The maximum Gasteiger partial charge on any atom is 0.308 e. The van der Waals surface area contributed by atoms with Crippen molar-refractivity contribution in [1.82, 2.24) is 4.90 Å². The lowest BCUT2D eigenvalue weighted by molar-refractivity contribution is -0.149. The van der Waals surface area contributed by atoms with Gasteiger partial charge in [-0.1, -0.05) is 0 Å². The van der Waals surface area contributed by atoms with Gasteiger partial charge in [0.25, 0.3) is 0 Å². The van der Waals surface area contributed by atoms with E-state index in [-0.39, 0.29) is 11.9 Å². The highest BCUT2D eigenvalue weighted by molar-refractivity contribution is 5.72. The Morgan fingerprint density at radius 1 is 1.11 bits per heavy atom. The Balaban J connectivity index is 1.77. The van der Waals surface area contributed by atoms with Crippen LogP contribution in [0.15, 0.2) is 0 Å². The fourth-order valence-corrected chi connectivity index (χ4v) is 3.37. The number of carbonyl (C=O) groups excluding carboxylic acids is 1. The number of hydrogen-bond acceptors (Lipinski definition) is 4. The van der Waals surface area contributed by atoms with Crippen LogP contribution in [-0.4, -0.2) is 49.8 Å². The van der Waals surface area contributed by atoms with Crippen LogP contribution < -0.4 is 0 Å². The van der Waals surface area contributed by atoms with E-state index in [9.17, 15) is 4.79 Å². The minimum atomic E-state index is 0.00895. The number of hydrogen-bond donors (Lipinski definition) is 0. The molecule has 0 aromatic rings. The first-order chi connectivity index (χ1) is 9.22. The lowest BCUT2D eigenvalue weighted by Crippen LogP contribution is -2.45. The molecule has 0 aromatic heterocycles. The molecule has 1 saturated heterocycles. The van der Waals surface area contributed by atoms with Crippen LogP contribution in [0.1, 0.15) is 45.4 Å². The second-order valence-electron chi connectivity index (χ2n) is 5.77. The van der Waals surface area contributed by atoms with E-state index in [1.54, 1.807) is 0 Å². The molecule has 0 bridgehead atoms. The Kier molecular flexibility index (Phi) is 5.64. The van der Waals surface area contributed by atoms with Crippen LogP contribution in [0.2, 0.25) is 0 Å². The third-order valence-electron chi connectivity index (χ3n) is 4.66. The molecule has 0 amide bonds. The maximum absolute atomic E-state index is 11.7. The predicted octanol–water partition coefficient (Wildman–Crippen LogP) is 2.22. The van der Waals surface area contributed by atoms with Gasteiger partial charge in [0.15, 0.2) is 0 Å². The molecule has 0 spiro atoms. The Morgan fingerprint density at radius 3 is 2.26 bits per heavy atom. The quantitative estimate of drug-likeness (QED) is 0.734. The lowest BCUT2D eigenvalue weighted by atomic mass is 9.84. The molecule has 19 heavy (non-hydrogen) atoms. The fraction of sp³-hybridized carbons (Fsp3) is 0.933. The van der Waals surface area contributed by atoms with Gasteiger partial charge in [-0.05, 0) is 52.5 Å². The molecule has 0 unspecified atom stereocenters. The van der Waals surface area contributed by atoms with Crippen LogP contribution in [-0.2, 0) is 14.3 Å². The zero-order valence-electron chi connectivity index (χ0n) is 12.3. The molecule has 0 aromatic carbocycles. The van der Waals surface area contributed by atoms with Gasteiger partial charge in [-0.3, -0.25) is 4.79 Å². The molecule has 0 atom stereocenters. The number of nitrogens with zero attached hydrogens (tertiary/aromatic N) is 1. The summed E-state index contributed by atoms with van der Waals surface area (Å²) >= 11 is 0. The van der Waals surface area contributed by atoms with Crippen molar-refractivity contribution in [2.24, 2.45) is 5.92 Å². The molecule has 1 aliphatic carbocycles. The highest BCUT2D eigenvalue weighted by atomic mass is 16.5. The van der Waals surface area contributed by atoms with Crippen molar-refractivity contribution in [2.75, 3.05) is 26.9 Å².